The zero-order valence-corrected chi connectivity index (χ0v) is 26.3. The fraction of sp³-hybridized carbons (Fsp3) is 0.182. The second-order valence-corrected chi connectivity index (χ2v) is 11.7. The number of fused-ring (bicyclic) bond motifs is 2. The van der Waals surface area contributed by atoms with Gasteiger partial charge in [-0.3, -0.25) is 9.36 Å². The molecule has 1 aliphatic rings. The number of rotatable bonds is 7. The monoisotopic (exact) mass is 657 g/mol. The van der Waals surface area contributed by atoms with Crippen LogP contribution in [0.3, 0.4) is 0 Å². The molecule has 0 saturated carbocycles. The Morgan fingerprint density at radius 3 is 2.53 bits per heavy atom. The highest BCUT2D eigenvalue weighted by molar-refractivity contribution is 9.10. The molecule has 43 heavy (non-hydrogen) atoms. The van der Waals surface area contributed by atoms with Gasteiger partial charge in [-0.25, -0.2) is 9.79 Å². The number of carbonyl (C=O) groups is 1. The Labute approximate surface area is 259 Å². The zero-order valence-electron chi connectivity index (χ0n) is 23.9. The number of methoxy groups -OCH3 is 2. The minimum Gasteiger partial charge on any atom is -0.496 e. The Hall–Kier alpha value is -4.41. The highest BCUT2D eigenvalue weighted by atomic mass is 79.9. The van der Waals surface area contributed by atoms with Crippen LogP contribution < -0.4 is 24.4 Å². The van der Waals surface area contributed by atoms with Gasteiger partial charge in [-0.15, -0.1) is 0 Å². The van der Waals surface area contributed by atoms with Crippen LogP contribution in [-0.4, -0.2) is 36.3 Å². The van der Waals surface area contributed by atoms with Crippen LogP contribution in [-0.2, 0) is 9.53 Å². The first-order valence-corrected chi connectivity index (χ1v) is 15.2. The maximum Gasteiger partial charge on any atom is 0.338 e. The largest absolute Gasteiger partial charge is 0.496 e. The highest BCUT2D eigenvalue weighted by Gasteiger charge is 2.33. The molecule has 3 aromatic carbocycles. The first kappa shape index (κ1) is 28.7. The summed E-state index contributed by atoms with van der Waals surface area (Å²) < 4.78 is 19.3. The van der Waals surface area contributed by atoms with Crippen molar-refractivity contribution in [1.82, 2.24) is 9.55 Å². The number of halogens is 1. The van der Waals surface area contributed by atoms with E-state index in [-0.39, 0.29) is 12.2 Å². The fourth-order valence-corrected chi connectivity index (χ4v) is 7.04. The van der Waals surface area contributed by atoms with Crippen molar-refractivity contribution in [3.05, 3.63) is 113 Å². The second kappa shape index (κ2) is 11.7. The molecule has 0 amide bonds. The lowest BCUT2D eigenvalue weighted by Gasteiger charge is -2.25. The van der Waals surface area contributed by atoms with E-state index in [1.54, 1.807) is 38.7 Å². The third-order valence-electron chi connectivity index (χ3n) is 7.40. The molecule has 1 N–H and O–H groups in total. The molecule has 218 valence electrons. The number of hydrogen-bond donors (Lipinski definition) is 1. The number of carbonyl (C=O) groups excluding carboxylic acids is 1. The number of aromatic amines is 1. The number of benzene rings is 3. The number of esters is 1. The van der Waals surface area contributed by atoms with Crippen LogP contribution >= 0.6 is 27.3 Å². The summed E-state index contributed by atoms with van der Waals surface area (Å²) in [6.07, 6.45) is 1.90. The smallest absolute Gasteiger partial charge is 0.338 e. The molecule has 5 aromatic rings. The third-order valence-corrected chi connectivity index (χ3v) is 9.00. The van der Waals surface area contributed by atoms with E-state index >= 15 is 0 Å². The van der Waals surface area contributed by atoms with Gasteiger partial charge >= 0.3 is 5.97 Å². The van der Waals surface area contributed by atoms with E-state index in [1.807, 2.05) is 66.7 Å². The Bertz CT molecular complexity index is 2090. The first-order valence-electron chi connectivity index (χ1n) is 13.6. The lowest BCUT2D eigenvalue weighted by molar-refractivity contribution is -0.139. The number of allylic oxidation sites excluding steroid dienone is 1. The predicted octanol–water partition coefficient (Wildman–Crippen LogP) is 5.73. The van der Waals surface area contributed by atoms with Crippen LogP contribution in [0, 0.1) is 0 Å². The Morgan fingerprint density at radius 2 is 1.84 bits per heavy atom. The van der Waals surface area contributed by atoms with E-state index in [0.29, 0.717) is 36.6 Å². The SMILES string of the molecule is CCOC(=O)C1=C(C)N=c2s/c(=C/c3c(-c4ccccc4)[nH]c4c(OC)cccc34)c(=O)n2[C@H]1c1ccc(OC)c(Br)c1. The lowest BCUT2D eigenvalue weighted by Crippen LogP contribution is -2.40. The number of ether oxygens (including phenoxy) is 3. The van der Waals surface area contributed by atoms with Gasteiger partial charge in [0.15, 0.2) is 4.80 Å². The van der Waals surface area contributed by atoms with Gasteiger partial charge in [-0.2, -0.15) is 0 Å². The summed E-state index contributed by atoms with van der Waals surface area (Å²) in [7, 11) is 3.22. The number of H-pyrrole nitrogens is 1. The molecular formula is C33H28BrN3O5S. The number of thiazole rings is 1. The van der Waals surface area contributed by atoms with E-state index in [4.69, 9.17) is 19.2 Å². The molecule has 0 fully saturated rings. The number of aromatic nitrogens is 2. The minimum atomic E-state index is -0.740. The minimum absolute atomic E-state index is 0.200. The topological polar surface area (TPSA) is 94.9 Å². The number of nitrogens with one attached hydrogen (secondary N) is 1. The average Bonchev–Trinajstić information content (AvgIpc) is 3.53. The molecule has 1 atom stereocenters. The van der Waals surface area contributed by atoms with Gasteiger partial charge in [0.25, 0.3) is 5.56 Å². The highest BCUT2D eigenvalue weighted by Crippen LogP contribution is 2.37. The van der Waals surface area contributed by atoms with Crippen molar-refractivity contribution in [2.45, 2.75) is 19.9 Å². The number of nitrogens with zero attached hydrogens (tertiary/aromatic N) is 2. The second-order valence-electron chi connectivity index (χ2n) is 9.86. The van der Waals surface area contributed by atoms with Crippen molar-refractivity contribution >= 4 is 50.2 Å². The summed E-state index contributed by atoms with van der Waals surface area (Å²) in [5.41, 5.74) is 4.82. The molecule has 0 unspecified atom stereocenters. The summed E-state index contributed by atoms with van der Waals surface area (Å²) in [6.45, 7) is 3.72. The molecule has 0 saturated heterocycles. The van der Waals surface area contributed by atoms with Crippen molar-refractivity contribution in [2.75, 3.05) is 20.8 Å². The van der Waals surface area contributed by atoms with Crippen molar-refractivity contribution in [3.63, 3.8) is 0 Å². The molecule has 6 rings (SSSR count). The summed E-state index contributed by atoms with van der Waals surface area (Å²) in [6, 6.07) is 20.6. The van der Waals surface area contributed by atoms with Crippen LogP contribution in [0.5, 0.6) is 11.5 Å². The van der Waals surface area contributed by atoms with Crippen LogP contribution in [0.25, 0.3) is 28.2 Å². The molecule has 1 aliphatic heterocycles. The van der Waals surface area contributed by atoms with Gasteiger partial charge in [0.1, 0.15) is 11.5 Å². The van der Waals surface area contributed by atoms with Crippen molar-refractivity contribution in [3.8, 4) is 22.8 Å². The Morgan fingerprint density at radius 1 is 1.07 bits per heavy atom. The van der Waals surface area contributed by atoms with Crippen molar-refractivity contribution in [1.29, 1.82) is 0 Å². The quantitative estimate of drug-likeness (QED) is 0.226. The van der Waals surface area contributed by atoms with E-state index in [2.05, 4.69) is 20.9 Å². The Balaban J connectivity index is 1.62. The van der Waals surface area contributed by atoms with Gasteiger partial charge in [-0.1, -0.05) is 59.9 Å². The van der Waals surface area contributed by atoms with Gasteiger partial charge in [0.2, 0.25) is 0 Å². The summed E-state index contributed by atoms with van der Waals surface area (Å²) in [5.74, 6) is 0.832. The normalized spacial score (nSPS) is 14.9. The molecule has 0 aliphatic carbocycles. The molecule has 0 spiro atoms. The average molecular weight is 659 g/mol. The molecule has 2 aromatic heterocycles. The van der Waals surface area contributed by atoms with Crippen LogP contribution in [0.15, 0.2) is 92.3 Å². The lowest BCUT2D eigenvalue weighted by atomic mass is 9.96. The van der Waals surface area contributed by atoms with E-state index in [0.717, 1.165) is 33.3 Å². The van der Waals surface area contributed by atoms with Crippen molar-refractivity contribution in [2.24, 2.45) is 4.99 Å². The van der Waals surface area contributed by atoms with Crippen LogP contribution in [0.1, 0.15) is 31.0 Å². The van der Waals surface area contributed by atoms with Gasteiger partial charge in [-0.05, 0) is 65.2 Å². The van der Waals surface area contributed by atoms with Crippen molar-refractivity contribution < 1.29 is 19.0 Å². The van der Waals surface area contributed by atoms with Gasteiger partial charge < -0.3 is 19.2 Å². The van der Waals surface area contributed by atoms with Crippen LogP contribution in [0.2, 0.25) is 0 Å². The molecule has 10 heteroatoms. The summed E-state index contributed by atoms with van der Waals surface area (Å²) in [4.78, 5) is 36.3. The maximum atomic E-state index is 14.3. The molecule has 8 nitrogen and oxygen atoms in total. The van der Waals surface area contributed by atoms with Gasteiger partial charge in [0.05, 0.1) is 58.4 Å². The van der Waals surface area contributed by atoms with E-state index in [9.17, 15) is 9.59 Å². The summed E-state index contributed by atoms with van der Waals surface area (Å²) in [5, 5.41) is 0.920. The van der Waals surface area contributed by atoms with Crippen LogP contribution in [0.4, 0.5) is 0 Å². The van der Waals surface area contributed by atoms with E-state index in [1.165, 1.54) is 11.3 Å². The summed E-state index contributed by atoms with van der Waals surface area (Å²) >= 11 is 4.84. The Kier molecular flexibility index (Phi) is 7.81. The third kappa shape index (κ3) is 5.00. The van der Waals surface area contributed by atoms with E-state index < -0.39 is 12.0 Å². The van der Waals surface area contributed by atoms with Gasteiger partial charge in [0, 0.05) is 10.9 Å². The molecule has 0 bridgehead atoms. The maximum absolute atomic E-state index is 14.3. The standard InChI is InChI=1S/C33H28BrN3O5S/c1-5-42-32(39)27-18(2)35-33-37(30(27)20-14-15-24(40-3)23(34)16-20)31(38)26(43-33)17-22-21-12-9-13-25(41-4)29(21)36-28(22)19-10-7-6-8-11-19/h6-17,30,36H,5H2,1-4H3/b26-17+/t30-/m0/s1. The molecular weight excluding hydrogens is 630 g/mol. The zero-order chi connectivity index (χ0) is 30.2. The number of para-hydroxylation sites is 1. The predicted molar refractivity (Wildman–Crippen MR) is 171 cm³/mol. The molecule has 3 heterocycles. The number of hydrogen-bond acceptors (Lipinski definition) is 7. The first-order chi connectivity index (χ1) is 20.9. The molecule has 0 radical (unpaired) electrons. The fourth-order valence-electron chi connectivity index (χ4n) is 5.45.